The predicted molar refractivity (Wildman–Crippen MR) is 135 cm³/mol. The number of nitrogens with zero attached hydrogens (tertiary/aromatic N) is 2. The van der Waals surface area contributed by atoms with E-state index in [1.165, 1.54) is 14.2 Å². The van der Waals surface area contributed by atoms with Gasteiger partial charge in [-0.15, -0.1) is 0 Å². The Morgan fingerprint density at radius 3 is 2.27 bits per heavy atom. The lowest BCUT2D eigenvalue weighted by Gasteiger charge is -2.10. The maximum Gasteiger partial charge on any atom is 0.325 e. The minimum atomic E-state index is -0.551. The van der Waals surface area contributed by atoms with Gasteiger partial charge in [-0.3, -0.25) is 24.6 Å². The predicted octanol–water partition coefficient (Wildman–Crippen LogP) is 0.960. The summed E-state index contributed by atoms with van der Waals surface area (Å²) in [6.45, 7) is 0.151. The third-order valence-corrected chi connectivity index (χ3v) is 5.53. The molecule has 0 unspecified atom stereocenters. The van der Waals surface area contributed by atoms with Gasteiger partial charge in [0.1, 0.15) is 18.2 Å². The van der Waals surface area contributed by atoms with E-state index in [1.54, 1.807) is 42.5 Å². The Morgan fingerprint density at radius 1 is 0.946 bits per heavy atom. The van der Waals surface area contributed by atoms with Crippen molar-refractivity contribution in [2.45, 2.75) is 19.4 Å². The fraction of sp³-hybridized carbons (Fsp3) is 0.280. The van der Waals surface area contributed by atoms with Crippen molar-refractivity contribution in [2.24, 2.45) is 5.73 Å². The zero-order valence-electron chi connectivity index (χ0n) is 20.5. The van der Waals surface area contributed by atoms with Gasteiger partial charge in [-0.2, -0.15) is 0 Å². The van der Waals surface area contributed by atoms with E-state index in [9.17, 15) is 19.2 Å². The van der Waals surface area contributed by atoms with E-state index in [-0.39, 0.29) is 50.1 Å². The number of rotatable bonds is 11. The van der Waals surface area contributed by atoms with Crippen molar-refractivity contribution < 1.29 is 28.7 Å². The Hall–Kier alpha value is -4.74. The average Bonchev–Trinajstić information content (AvgIpc) is 3.27. The number of nitrogen functional groups attached to an aromatic ring is 1. The Balaban J connectivity index is 1.89. The Bertz CT molecular complexity index is 1330. The lowest BCUT2D eigenvalue weighted by Crippen LogP contribution is -2.30. The van der Waals surface area contributed by atoms with Gasteiger partial charge in [0.05, 0.1) is 31.7 Å². The van der Waals surface area contributed by atoms with Gasteiger partial charge in [0.25, 0.3) is 5.91 Å². The highest BCUT2D eigenvalue weighted by atomic mass is 16.5. The highest BCUT2D eigenvalue weighted by molar-refractivity contribution is 5.98. The molecule has 0 saturated carbocycles. The molecule has 0 aliphatic rings. The van der Waals surface area contributed by atoms with Crippen molar-refractivity contribution in [1.29, 1.82) is 5.41 Å². The van der Waals surface area contributed by atoms with Gasteiger partial charge < -0.3 is 30.4 Å². The Labute approximate surface area is 212 Å². The summed E-state index contributed by atoms with van der Waals surface area (Å²) in [5.41, 5.74) is 8.42. The van der Waals surface area contributed by atoms with Crippen molar-refractivity contribution in [2.75, 3.05) is 27.3 Å². The number of imidazole rings is 1. The molecule has 1 heterocycles. The summed E-state index contributed by atoms with van der Waals surface area (Å²) >= 11 is 0. The summed E-state index contributed by atoms with van der Waals surface area (Å²) in [7, 11) is 2.52. The molecule has 0 spiro atoms. The van der Waals surface area contributed by atoms with Crippen LogP contribution >= 0.6 is 0 Å². The van der Waals surface area contributed by atoms with Crippen LogP contribution < -0.4 is 16.4 Å². The normalized spacial score (nSPS) is 10.5. The maximum absolute atomic E-state index is 12.6. The molecule has 0 bridgehead atoms. The molecular weight excluding hydrogens is 480 g/mol. The minimum absolute atomic E-state index is 0.0531. The first-order chi connectivity index (χ1) is 17.7. The number of ether oxygens (including phenoxy) is 2. The third kappa shape index (κ3) is 6.90. The number of aryl methyl sites for hydroxylation is 1. The second kappa shape index (κ2) is 12.3. The SMILES string of the molecule is COC(=O)CCNC(=O)c1ccc2c(c1)nc(-c1ccc(C(=N)N)cc1)n2CCC(=O)NCC(=O)OC. The van der Waals surface area contributed by atoms with Crippen LogP contribution in [0.15, 0.2) is 42.5 Å². The lowest BCUT2D eigenvalue weighted by atomic mass is 10.1. The van der Waals surface area contributed by atoms with Crippen LogP contribution in [0.25, 0.3) is 22.4 Å². The van der Waals surface area contributed by atoms with Crippen molar-refractivity contribution in [3.63, 3.8) is 0 Å². The van der Waals surface area contributed by atoms with Gasteiger partial charge in [0.15, 0.2) is 0 Å². The molecule has 0 radical (unpaired) electrons. The number of aromatic nitrogens is 2. The molecule has 0 aliphatic carbocycles. The molecule has 0 saturated heterocycles. The molecule has 37 heavy (non-hydrogen) atoms. The molecule has 0 atom stereocenters. The van der Waals surface area contributed by atoms with Crippen LogP contribution in [0.2, 0.25) is 0 Å². The maximum atomic E-state index is 12.6. The van der Waals surface area contributed by atoms with Crippen molar-refractivity contribution in [1.82, 2.24) is 20.2 Å². The van der Waals surface area contributed by atoms with E-state index in [4.69, 9.17) is 16.1 Å². The number of fused-ring (bicyclic) bond motifs is 1. The van der Waals surface area contributed by atoms with Crippen LogP contribution in [0.1, 0.15) is 28.8 Å². The number of carbonyl (C=O) groups is 4. The van der Waals surface area contributed by atoms with Gasteiger partial charge in [-0.1, -0.05) is 24.3 Å². The van der Waals surface area contributed by atoms with Gasteiger partial charge in [0.2, 0.25) is 5.91 Å². The monoisotopic (exact) mass is 508 g/mol. The zero-order valence-corrected chi connectivity index (χ0v) is 20.5. The number of benzene rings is 2. The van der Waals surface area contributed by atoms with Crippen molar-refractivity contribution in [3.05, 3.63) is 53.6 Å². The number of amides is 2. The lowest BCUT2D eigenvalue weighted by molar-refractivity contribution is -0.141. The standard InChI is InChI=1S/C25H28N6O6/c1-36-21(33)9-11-28-25(35)17-7-8-19-18(13-17)30-24(16-5-3-15(4-6-16)23(26)27)31(19)12-10-20(32)29-14-22(34)37-2/h3-8,13H,9-12,14H2,1-2H3,(H3,26,27)(H,28,35)(H,29,32). The Morgan fingerprint density at radius 2 is 1.62 bits per heavy atom. The van der Waals surface area contributed by atoms with Crippen LogP contribution in [0.4, 0.5) is 0 Å². The average molecular weight is 509 g/mol. The molecule has 2 amide bonds. The summed E-state index contributed by atoms with van der Waals surface area (Å²) < 4.78 is 11.0. The molecule has 3 rings (SSSR count). The van der Waals surface area contributed by atoms with E-state index in [0.717, 1.165) is 5.56 Å². The van der Waals surface area contributed by atoms with Crippen LogP contribution in [0.3, 0.4) is 0 Å². The summed E-state index contributed by atoms with van der Waals surface area (Å²) in [5.74, 6) is -1.20. The van der Waals surface area contributed by atoms with Crippen molar-refractivity contribution in [3.8, 4) is 11.4 Å². The number of amidine groups is 1. The molecular formula is C25H28N6O6. The van der Waals surface area contributed by atoms with E-state index >= 15 is 0 Å². The first-order valence-electron chi connectivity index (χ1n) is 11.4. The summed E-state index contributed by atoms with van der Waals surface area (Å²) in [4.78, 5) is 52.2. The molecule has 12 heteroatoms. The van der Waals surface area contributed by atoms with E-state index in [2.05, 4.69) is 20.1 Å². The quantitative estimate of drug-likeness (QED) is 0.168. The van der Waals surface area contributed by atoms with Gasteiger partial charge in [-0.25, -0.2) is 4.98 Å². The van der Waals surface area contributed by atoms with Gasteiger partial charge in [0, 0.05) is 36.2 Å². The molecule has 5 N–H and O–H groups in total. The first kappa shape index (κ1) is 26.9. The number of methoxy groups -OCH3 is 2. The molecule has 194 valence electrons. The largest absolute Gasteiger partial charge is 0.469 e. The second-order valence-corrected chi connectivity index (χ2v) is 7.97. The number of carbonyl (C=O) groups excluding carboxylic acids is 4. The third-order valence-electron chi connectivity index (χ3n) is 5.53. The van der Waals surface area contributed by atoms with Crippen LogP contribution in [-0.2, 0) is 30.4 Å². The fourth-order valence-corrected chi connectivity index (χ4v) is 3.54. The number of hydrogen-bond donors (Lipinski definition) is 4. The number of esters is 2. The first-order valence-corrected chi connectivity index (χ1v) is 11.4. The topological polar surface area (TPSA) is 178 Å². The van der Waals surface area contributed by atoms with E-state index in [1.807, 2.05) is 4.57 Å². The van der Waals surface area contributed by atoms with Crippen LogP contribution in [0.5, 0.6) is 0 Å². The van der Waals surface area contributed by atoms with E-state index in [0.29, 0.717) is 28.0 Å². The van der Waals surface area contributed by atoms with Gasteiger partial charge in [-0.05, 0) is 18.2 Å². The molecule has 12 nitrogen and oxygen atoms in total. The highest BCUT2D eigenvalue weighted by Crippen LogP contribution is 2.26. The summed E-state index contributed by atoms with van der Waals surface area (Å²) in [5, 5.41) is 12.8. The smallest absolute Gasteiger partial charge is 0.325 e. The Kier molecular flexibility index (Phi) is 8.92. The molecule has 0 aliphatic heterocycles. The van der Waals surface area contributed by atoms with E-state index < -0.39 is 11.9 Å². The molecule has 3 aromatic rings. The van der Waals surface area contributed by atoms with Crippen LogP contribution in [0, 0.1) is 5.41 Å². The number of nitrogens with two attached hydrogens (primary N) is 1. The van der Waals surface area contributed by atoms with Crippen molar-refractivity contribution >= 4 is 40.6 Å². The minimum Gasteiger partial charge on any atom is -0.469 e. The molecule has 0 fully saturated rings. The fourth-order valence-electron chi connectivity index (χ4n) is 3.54. The molecule has 1 aromatic heterocycles. The van der Waals surface area contributed by atoms with Gasteiger partial charge >= 0.3 is 11.9 Å². The summed E-state index contributed by atoms with van der Waals surface area (Å²) in [6.07, 6.45) is 0.119. The number of nitrogens with one attached hydrogen (secondary N) is 3. The number of hydrogen-bond acceptors (Lipinski definition) is 8. The summed E-state index contributed by atoms with van der Waals surface area (Å²) in [6, 6.07) is 11.9. The second-order valence-electron chi connectivity index (χ2n) is 7.97. The zero-order chi connectivity index (χ0) is 26.9. The molecule has 2 aromatic carbocycles. The highest BCUT2D eigenvalue weighted by Gasteiger charge is 2.17. The van der Waals surface area contributed by atoms with Crippen LogP contribution in [-0.4, -0.2) is 66.4 Å².